The first-order valence-corrected chi connectivity index (χ1v) is 8.07. The van der Waals surface area contributed by atoms with Gasteiger partial charge in [0.15, 0.2) is 0 Å². The number of nitrogens with one attached hydrogen (secondary N) is 2. The van der Waals surface area contributed by atoms with Crippen molar-refractivity contribution in [3.05, 3.63) is 23.5 Å². The van der Waals surface area contributed by atoms with E-state index in [4.69, 9.17) is 10.00 Å². The highest BCUT2D eigenvalue weighted by Gasteiger charge is 2.29. The molecule has 126 valence electrons. The molecule has 1 aliphatic rings. The van der Waals surface area contributed by atoms with E-state index in [1.165, 1.54) is 0 Å². The van der Waals surface area contributed by atoms with E-state index in [1.54, 1.807) is 0 Å². The van der Waals surface area contributed by atoms with Crippen LogP contribution >= 0.6 is 0 Å². The summed E-state index contributed by atoms with van der Waals surface area (Å²) in [5, 5.41) is 15.4. The smallest absolute Gasteiger partial charge is 0.407 e. The van der Waals surface area contributed by atoms with Crippen molar-refractivity contribution < 1.29 is 9.53 Å². The highest BCUT2D eigenvalue weighted by Crippen LogP contribution is 2.20. The third kappa shape index (κ3) is 5.00. The van der Waals surface area contributed by atoms with Gasteiger partial charge in [0.2, 0.25) is 0 Å². The number of hydrogen-bond acceptors (Lipinski definition) is 4. The molecular weight excluding hydrogens is 292 g/mol. The minimum absolute atomic E-state index is 0.0870. The Morgan fingerprint density at radius 2 is 2.13 bits per heavy atom. The van der Waals surface area contributed by atoms with Crippen LogP contribution in [-0.2, 0) is 18.3 Å². The number of alkyl carbamates (subject to hydrolysis) is 1. The first-order chi connectivity index (χ1) is 10.8. The van der Waals surface area contributed by atoms with Crippen LogP contribution in [-0.4, -0.2) is 28.3 Å². The number of nitriles is 1. The van der Waals surface area contributed by atoms with Crippen LogP contribution in [0.5, 0.6) is 0 Å². The fourth-order valence-electron chi connectivity index (χ4n) is 2.93. The Balaban J connectivity index is 1.86. The van der Waals surface area contributed by atoms with Crippen molar-refractivity contribution in [2.45, 2.75) is 64.3 Å². The van der Waals surface area contributed by atoms with Crippen molar-refractivity contribution in [2.75, 3.05) is 0 Å². The second-order valence-electron chi connectivity index (χ2n) is 7.13. The van der Waals surface area contributed by atoms with Gasteiger partial charge in [-0.1, -0.05) is 0 Å². The number of hydrogen-bond donors (Lipinski definition) is 2. The Hall–Kier alpha value is -2.00. The third-order valence-corrected chi connectivity index (χ3v) is 3.96. The molecule has 6 heteroatoms. The summed E-state index contributed by atoms with van der Waals surface area (Å²) in [6.07, 6.45) is 4.66. The van der Waals surface area contributed by atoms with Gasteiger partial charge >= 0.3 is 6.09 Å². The van der Waals surface area contributed by atoms with E-state index < -0.39 is 5.60 Å². The summed E-state index contributed by atoms with van der Waals surface area (Å²) < 4.78 is 7.15. The molecule has 1 aromatic rings. The van der Waals surface area contributed by atoms with Crippen LogP contribution in [0.15, 0.2) is 12.3 Å². The van der Waals surface area contributed by atoms with Gasteiger partial charge < -0.3 is 19.9 Å². The maximum atomic E-state index is 11.9. The molecule has 6 nitrogen and oxygen atoms in total. The maximum Gasteiger partial charge on any atom is 0.407 e. The molecule has 2 atom stereocenters. The Labute approximate surface area is 137 Å². The van der Waals surface area contributed by atoms with Crippen LogP contribution in [0.25, 0.3) is 0 Å². The molecule has 1 fully saturated rings. The number of amides is 1. The molecule has 0 radical (unpaired) electrons. The van der Waals surface area contributed by atoms with E-state index >= 15 is 0 Å². The minimum atomic E-state index is -0.483. The predicted molar refractivity (Wildman–Crippen MR) is 87.8 cm³/mol. The topological polar surface area (TPSA) is 79.1 Å². The summed E-state index contributed by atoms with van der Waals surface area (Å²) in [5.41, 5.74) is 1.24. The van der Waals surface area contributed by atoms with Crippen molar-refractivity contribution in [1.82, 2.24) is 15.2 Å². The van der Waals surface area contributed by atoms with Gasteiger partial charge in [-0.2, -0.15) is 5.26 Å². The highest BCUT2D eigenvalue weighted by atomic mass is 16.6. The number of rotatable bonds is 4. The lowest BCUT2D eigenvalue weighted by Crippen LogP contribution is -2.47. The van der Waals surface area contributed by atoms with Gasteiger partial charge in [-0.3, -0.25) is 0 Å². The molecule has 23 heavy (non-hydrogen) atoms. The summed E-state index contributed by atoms with van der Waals surface area (Å²) in [5.74, 6) is 0. The van der Waals surface area contributed by atoms with Gasteiger partial charge in [-0.15, -0.1) is 0 Å². The molecule has 0 saturated heterocycles. The molecule has 1 heterocycles. The lowest BCUT2D eigenvalue weighted by atomic mass is 10.1. The van der Waals surface area contributed by atoms with E-state index in [-0.39, 0.29) is 18.2 Å². The fraction of sp³-hybridized carbons (Fsp3) is 0.647. The summed E-state index contributed by atoms with van der Waals surface area (Å²) in [6.45, 7) is 6.27. The lowest BCUT2D eigenvalue weighted by Gasteiger charge is -2.25. The van der Waals surface area contributed by atoms with Crippen molar-refractivity contribution in [3.8, 4) is 6.07 Å². The molecular formula is C17H26N4O2. The SMILES string of the molecule is Cn1cc(CNC2CCCC2NC(=O)OC(C)(C)C)cc1C#N. The highest BCUT2D eigenvalue weighted by molar-refractivity contribution is 5.68. The Morgan fingerprint density at radius 1 is 1.43 bits per heavy atom. The first kappa shape index (κ1) is 17.4. The van der Waals surface area contributed by atoms with E-state index in [1.807, 2.05) is 44.6 Å². The van der Waals surface area contributed by atoms with Gasteiger partial charge in [0.1, 0.15) is 17.4 Å². The molecule has 2 unspecified atom stereocenters. The molecule has 2 rings (SSSR count). The second kappa shape index (κ2) is 7.05. The number of carbonyl (C=O) groups is 1. The van der Waals surface area contributed by atoms with Crippen molar-refractivity contribution >= 4 is 6.09 Å². The molecule has 1 aromatic heterocycles. The monoisotopic (exact) mass is 318 g/mol. The molecule has 0 aromatic carbocycles. The summed E-state index contributed by atoms with van der Waals surface area (Å²) in [6, 6.07) is 4.37. The molecule has 0 bridgehead atoms. The van der Waals surface area contributed by atoms with Crippen molar-refractivity contribution in [3.63, 3.8) is 0 Å². The van der Waals surface area contributed by atoms with Crippen LogP contribution in [0.4, 0.5) is 4.79 Å². The van der Waals surface area contributed by atoms with E-state index in [2.05, 4.69) is 16.7 Å². The maximum absolute atomic E-state index is 11.9. The normalized spacial score (nSPS) is 21.0. The number of aryl methyl sites for hydroxylation is 1. The average molecular weight is 318 g/mol. The molecule has 1 aliphatic carbocycles. The molecule has 2 N–H and O–H groups in total. The van der Waals surface area contributed by atoms with Crippen LogP contribution in [0, 0.1) is 11.3 Å². The fourth-order valence-corrected chi connectivity index (χ4v) is 2.93. The third-order valence-electron chi connectivity index (χ3n) is 3.96. The summed E-state index contributed by atoms with van der Waals surface area (Å²) in [4.78, 5) is 11.9. The molecule has 1 amide bonds. The Bertz CT molecular complexity index is 595. The van der Waals surface area contributed by atoms with Gasteiger partial charge in [0.05, 0.1) is 0 Å². The van der Waals surface area contributed by atoms with E-state index in [0.717, 1.165) is 24.8 Å². The quantitative estimate of drug-likeness (QED) is 0.893. The number of carbonyl (C=O) groups excluding carboxylic acids is 1. The van der Waals surface area contributed by atoms with Crippen molar-refractivity contribution in [2.24, 2.45) is 7.05 Å². The van der Waals surface area contributed by atoms with Crippen molar-refractivity contribution in [1.29, 1.82) is 5.26 Å². The summed E-state index contributed by atoms with van der Waals surface area (Å²) >= 11 is 0. The number of ether oxygens (including phenoxy) is 1. The number of aromatic nitrogens is 1. The van der Waals surface area contributed by atoms with E-state index in [9.17, 15) is 4.79 Å². The molecule has 0 aliphatic heterocycles. The number of nitrogens with zero attached hydrogens (tertiary/aromatic N) is 2. The van der Waals surface area contributed by atoms with Crippen LogP contribution in [0.2, 0.25) is 0 Å². The van der Waals surface area contributed by atoms with Gasteiger partial charge in [-0.05, 0) is 51.7 Å². The molecule has 1 saturated carbocycles. The zero-order valence-electron chi connectivity index (χ0n) is 14.3. The van der Waals surface area contributed by atoms with Crippen LogP contribution in [0.1, 0.15) is 51.3 Å². The van der Waals surface area contributed by atoms with Gasteiger partial charge in [0.25, 0.3) is 0 Å². The lowest BCUT2D eigenvalue weighted by molar-refractivity contribution is 0.0498. The largest absolute Gasteiger partial charge is 0.444 e. The Kier molecular flexibility index (Phi) is 5.32. The summed E-state index contributed by atoms with van der Waals surface area (Å²) in [7, 11) is 1.87. The van der Waals surface area contributed by atoms with Gasteiger partial charge in [0, 0.05) is 31.9 Å². The zero-order chi connectivity index (χ0) is 17.0. The van der Waals surface area contributed by atoms with E-state index in [0.29, 0.717) is 12.2 Å². The minimum Gasteiger partial charge on any atom is -0.444 e. The van der Waals surface area contributed by atoms with Crippen LogP contribution < -0.4 is 10.6 Å². The second-order valence-corrected chi connectivity index (χ2v) is 7.13. The Morgan fingerprint density at radius 3 is 2.74 bits per heavy atom. The molecule has 0 spiro atoms. The predicted octanol–water partition coefficient (Wildman–Crippen LogP) is 2.43. The first-order valence-electron chi connectivity index (χ1n) is 8.07. The zero-order valence-corrected chi connectivity index (χ0v) is 14.3. The average Bonchev–Trinajstić information content (AvgIpc) is 3.00. The standard InChI is InChI=1S/C17H26N4O2/c1-17(2,3)23-16(22)20-15-7-5-6-14(15)19-10-12-8-13(9-18)21(4)11-12/h8,11,14-15,19H,5-7,10H2,1-4H3,(H,20,22). The van der Waals surface area contributed by atoms with Gasteiger partial charge in [-0.25, -0.2) is 4.79 Å². The van der Waals surface area contributed by atoms with Crippen LogP contribution in [0.3, 0.4) is 0 Å².